The number of carbonyl (C=O) groups is 1. The Hall–Kier alpha value is -1.22. The topological polar surface area (TPSA) is 26.3 Å². The molecule has 0 aliphatic rings. The maximum atomic E-state index is 12.7. The van der Waals surface area contributed by atoms with Crippen LogP contribution in [0, 0.1) is 5.82 Å². The smallest absolute Gasteiger partial charge is 0.162 e. The van der Waals surface area contributed by atoms with Crippen molar-refractivity contribution in [1.82, 2.24) is 0 Å². The van der Waals surface area contributed by atoms with E-state index in [1.54, 1.807) is 0 Å². The Morgan fingerprint density at radius 3 is 2.44 bits per heavy atom. The Morgan fingerprint density at radius 1 is 1.11 bits per heavy atom. The molecule has 0 heterocycles. The van der Waals surface area contributed by atoms with Crippen molar-refractivity contribution in [3.63, 3.8) is 0 Å². The molecule has 0 amide bonds. The molecule has 0 atom stereocenters. The van der Waals surface area contributed by atoms with E-state index in [2.05, 4.69) is 6.92 Å². The minimum absolute atomic E-state index is 0.0483. The quantitative estimate of drug-likeness (QED) is 0.490. The van der Waals surface area contributed by atoms with Crippen LogP contribution in [0.3, 0.4) is 0 Å². The Balaban J connectivity index is 2.12. The van der Waals surface area contributed by atoms with Crippen LogP contribution in [0.2, 0.25) is 0 Å². The molecule has 0 unspecified atom stereocenters. The first-order valence-corrected chi connectivity index (χ1v) is 6.60. The molecule has 100 valence electrons. The van der Waals surface area contributed by atoms with E-state index < -0.39 is 0 Å². The highest BCUT2D eigenvalue weighted by molar-refractivity contribution is 5.95. The molecule has 0 aromatic heterocycles. The lowest BCUT2D eigenvalue weighted by Crippen LogP contribution is -2.03. The summed E-state index contributed by atoms with van der Waals surface area (Å²) >= 11 is 0. The lowest BCUT2D eigenvalue weighted by Gasteiger charge is -2.03. The van der Waals surface area contributed by atoms with E-state index in [-0.39, 0.29) is 11.6 Å². The third-order valence-electron chi connectivity index (χ3n) is 2.75. The predicted molar refractivity (Wildman–Crippen MR) is 70.3 cm³/mol. The maximum absolute atomic E-state index is 12.7. The number of Topliss-reactive ketones (excluding diaryl/α,β-unsaturated/α-hetero) is 1. The Labute approximate surface area is 108 Å². The summed E-state index contributed by atoms with van der Waals surface area (Å²) in [6, 6.07) is 5.68. The van der Waals surface area contributed by atoms with Crippen molar-refractivity contribution < 1.29 is 13.9 Å². The summed E-state index contributed by atoms with van der Waals surface area (Å²) in [7, 11) is 0. The molecule has 0 aliphatic carbocycles. The number of carbonyl (C=O) groups excluding carboxylic acids is 1. The van der Waals surface area contributed by atoms with Gasteiger partial charge in [0, 0.05) is 25.2 Å². The number of halogens is 1. The molecule has 0 saturated heterocycles. The SMILES string of the molecule is CCCCCOCCCC(=O)c1ccc(F)cc1. The molecule has 2 nitrogen and oxygen atoms in total. The fourth-order valence-corrected chi connectivity index (χ4v) is 1.67. The van der Waals surface area contributed by atoms with Crippen molar-refractivity contribution in [2.45, 2.75) is 39.0 Å². The molecule has 0 N–H and O–H groups in total. The van der Waals surface area contributed by atoms with Crippen molar-refractivity contribution in [3.8, 4) is 0 Å². The lowest BCUT2D eigenvalue weighted by molar-refractivity contribution is 0.0934. The van der Waals surface area contributed by atoms with Crippen molar-refractivity contribution in [2.75, 3.05) is 13.2 Å². The van der Waals surface area contributed by atoms with Crippen LogP contribution in [0.25, 0.3) is 0 Å². The molecule has 18 heavy (non-hydrogen) atoms. The second-order valence-electron chi connectivity index (χ2n) is 4.35. The van der Waals surface area contributed by atoms with E-state index >= 15 is 0 Å². The van der Waals surface area contributed by atoms with Crippen LogP contribution in [0.1, 0.15) is 49.4 Å². The highest BCUT2D eigenvalue weighted by atomic mass is 19.1. The number of benzene rings is 1. The summed E-state index contributed by atoms with van der Waals surface area (Å²) in [5.41, 5.74) is 0.572. The first kappa shape index (κ1) is 14.8. The summed E-state index contributed by atoms with van der Waals surface area (Å²) in [5.74, 6) is -0.266. The van der Waals surface area contributed by atoms with Crippen LogP contribution in [-0.4, -0.2) is 19.0 Å². The molecular weight excluding hydrogens is 231 g/mol. The van der Waals surface area contributed by atoms with Crippen molar-refractivity contribution >= 4 is 5.78 Å². The highest BCUT2D eigenvalue weighted by Crippen LogP contribution is 2.07. The Bertz CT molecular complexity index is 346. The standard InChI is InChI=1S/C15H21FO2/c1-2-3-4-11-18-12-5-6-15(17)13-7-9-14(16)10-8-13/h7-10H,2-6,11-12H2,1H3. The zero-order valence-corrected chi connectivity index (χ0v) is 11.0. The van der Waals surface area contributed by atoms with Gasteiger partial charge in [-0.05, 0) is 37.1 Å². The van der Waals surface area contributed by atoms with E-state index in [0.717, 1.165) is 19.4 Å². The molecule has 1 aromatic carbocycles. The van der Waals surface area contributed by atoms with Crippen molar-refractivity contribution in [2.24, 2.45) is 0 Å². The molecule has 0 aliphatic heterocycles. The van der Waals surface area contributed by atoms with Gasteiger partial charge in [-0.3, -0.25) is 4.79 Å². The summed E-state index contributed by atoms with van der Waals surface area (Å²) in [5, 5.41) is 0. The molecular formula is C15H21FO2. The van der Waals surface area contributed by atoms with E-state index in [1.165, 1.54) is 37.1 Å². The van der Waals surface area contributed by atoms with Crippen LogP contribution in [0.4, 0.5) is 4.39 Å². The molecule has 3 heteroatoms. The van der Waals surface area contributed by atoms with E-state index in [0.29, 0.717) is 18.6 Å². The Morgan fingerprint density at radius 2 is 1.78 bits per heavy atom. The van der Waals surface area contributed by atoms with E-state index in [1.807, 2.05) is 0 Å². The van der Waals surface area contributed by atoms with Crippen LogP contribution in [-0.2, 0) is 4.74 Å². The second-order valence-corrected chi connectivity index (χ2v) is 4.35. The van der Waals surface area contributed by atoms with Gasteiger partial charge in [0.25, 0.3) is 0 Å². The second kappa shape index (κ2) is 8.81. The van der Waals surface area contributed by atoms with Crippen LogP contribution in [0.5, 0.6) is 0 Å². The minimum Gasteiger partial charge on any atom is -0.381 e. The zero-order chi connectivity index (χ0) is 13.2. The number of rotatable bonds is 9. The lowest BCUT2D eigenvalue weighted by atomic mass is 10.1. The summed E-state index contributed by atoms with van der Waals surface area (Å²) in [6.45, 7) is 3.55. The van der Waals surface area contributed by atoms with Gasteiger partial charge in [-0.1, -0.05) is 19.8 Å². The number of unbranched alkanes of at least 4 members (excludes halogenated alkanes) is 2. The third kappa shape index (κ3) is 5.92. The molecule has 0 fully saturated rings. The van der Waals surface area contributed by atoms with E-state index in [4.69, 9.17) is 4.74 Å². The number of ketones is 1. The first-order valence-electron chi connectivity index (χ1n) is 6.60. The summed E-state index contributed by atoms with van der Waals surface area (Å²) in [6.07, 6.45) is 4.64. The highest BCUT2D eigenvalue weighted by Gasteiger charge is 2.05. The normalized spacial score (nSPS) is 10.6. The van der Waals surface area contributed by atoms with Gasteiger partial charge >= 0.3 is 0 Å². The molecule has 0 radical (unpaired) electrons. The largest absolute Gasteiger partial charge is 0.381 e. The molecule has 0 saturated carbocycles. The molecule has 1 aromatic rings. The molecule has 0 spiro atoms. The van der Waals surface area contributed by atoms with Gasteiger partial charge in [0.1, 0.15) is 5.82 Å². The maximum Gasteiger partial charge on any atom is 0.162 e. The van der Waals surface area contributed by atoms with Crippen LogP contribution in [0.15, 0.2) is 24.3 Å². The van der Waals surface area contributed by atoms with Gasteiger partial charge in [0.15, 0.2) is 5.78 Å². The Kier molecular flexibility index (Phi) is 7.26. The van der Waals surface area contributed by atoms with Gasteiger partial charge in [0.05, 0.1) is 0 Å². The minimum atomic E-state index is -0.314. The van der Waals surface area contributed by atoms with Crippen LogP contribution >= 0.6 is 0 Å². The van der Waals surface area contributed by atoms with E-state index in [9.17, 15) is 9.18 Å². The predicted octanol–water partition coefficient (Wildman–Crippen LogP) is 4.00. The van der Waals surface area contributed by atoms with Gasteiger partial charge < -0.3 is 4.74 Å². The van der Waals surface area contributed by atoms with Crippen LogP contribution < -0.4 is 0 Å². The van der Waals surface area contributed by atoms with Crippen molar-refractivity contribution in [1.29, 1.82) is 0 Å². The summed E-state index contributed by atoms with van der Waals surface area (Å²) in [4.78, 5) is 11.7. The van der Waals surface area contributed by atoms with Gasteiger partial charge in [-0.25, -0.2) is 4.39 Å². The first-order chi connectivity index (χ1) is 8.74. The van der Waals surface area contributed by atoms with Crippen molar-refractivity contribution in [3.05, 3.63) is 35.6 Å². The number of hydrogen-bond donors (Lipinski definition) is 0. The average Bonchev–Trinajstić information content (AvgIpc) is 2.38. The fraction of sp³-hybridized carbons (Fsp3) is 0.533. The summed E-state index contributed by atoms with van der Waals surface area (Å²) < 4.78 is 18.1. The molecule has 1 rings (SSSR count). The van der Waals surface area contributed by atoms with Gasteiger partial charge in [0.2, 0.25) is 0 Å². The fourth-order valence-electron chi connectivity index (χ4n) is 1.67. The third-order valence-corrected chi connectivity index (χ3v) is 2.75. The molecule has 0 bridgehead atoms. The van der Waals surface area contributed by atoms with Gasteiger partial charge in [-0.2, -0.15) is 0 Å². The van der Waals surface area contributed by atoms with Gasteiger partial charge in [-0.15, -0.1) is 0 Å². The number of hydrogen-bond acceptors (Lipinski definition) is 2. The zero-order valence-electron chi connectivity index (χ0n) is 11.0. The monoisotopic (exact) mass is 252 g/mol. The number of ether oxygens (including phenoxy) is 1. The average molecular weight is 252 g/mol.